The van der Waals surface area contributed by atoms with Gasteiger partial charge in [0.1, 0.15) is 9.34 Å². The van der Waals surface area contributed by atoms with Crippen LogP contribution in [0.3, 0.4) is 0 Å². The van der Waals surface area contributed by atoms with Gasteiger partial charge < -0.3 is 11.1 Å². The van der Waals surface area contributed by atoms with Gasteiger partial charge in [0, 0.05) is 19.0 Å². The number of primary amides is 1. The van der Waals surface area contributed by atoms with E-state index in [0.29, 0.717) is 17.3 Å². The van der Waals surface area contributed by atoms with Crippen LogP contribution in [0.5, 0.6) is 0 Å². The monoisotopic (exact) mass is 233 g/mol. The zero-order valence-corrected chi connectivity index (χ0v) is 9.36. The fraction of sp³-hybridized carbons (Fsp3) is 0.500. The number of rotatable bonds is 5. The van der Waals surface area contributed by atoms with Crippen LogP contribution in [0.15, 0.2) is 6.20 Å². The maximum Gasteiger partial charge on any atom is 0.218 e. The summed E-state index contributed by atoms with van der Waals surface area (Å²) in [5.41, 5.74) is 5.05. The predicted molar refractivity (Wildman–Crippen MR) is 57.2 cm³/mol. The topological polar surface area (TPSA) is 68.0 Å². The summed E-state index contributed by atoms with van der Waals surface area (Å²) in [5.74, 6) is -0.304. The van der Waals surface area contributed by atoms with E-state index in [4.69, 9.17) is 17.3 Å². The second-order valence-electron chi connectivity index (χ2n) is 3.01. The Hall–Kier alpha value is -0.650. The highest BCUT2D eigenvalue weighted by Crippen LogP contribution is 2.17. The molecule has 1 unspecified atom stereocenters. The number of aromatic nitrogens is 1. The molecular formula is C8H12ClN3OS. The second-order valence-corrected chi connectivity index (χ2v) is 4.76. The summed E-state index contributed by atoms with van der Waals surface area (Å²) >= 11 is 7.14. The maximum atomic E-state index is 10.6. The quantitative estimate of drug-likeness (QED) is 0.802. The van der Waals surface area contributed by atoms with Crippen LogP contribution < -0.4 is 11.1 Å². The summed E-state index contributed by atoms with van der Waals surface area (Å²) in [6.07, 6.45) is 1.95. The number of hydrogen-bond acceptors (Lipinski definition) is 4. The van der Waals surface area contributed by atoms with E-state index in [1.807, 2.05) is 6.92 Å². The van der Waals surface area contributed by atoms with Gasteiger partial charge >= 0.3 is 0 Å². The van der Waals surface area contributed by atoms with Gasteiger partial charge in [0.25, 0.3) is 0 Å². The van der Waals surface area contributed by atoms with Crippen LogP contribution in [-0.4, -0.2) is 16.9 Å². The van der Waals surface area contributed by atoms with Gasteiger partial charge in [-0.1, -0.05) is 11.6 Å². The lowest BCUT2D eigenvalue weighted by Gasteiger charge is -2.09. The van der Waals surface area contributed by atoms with Gasteiger partial charge in [0.15, 0.2) is 0 Å². The minimum absolute atomic E-state index is 0.0650. The number of carbonyl (C=O) groups is 1. The summed E-state index contributed by atoms with van der Waals surface area (Å²) in [6, 6.07) is 0.0650. The number of carbonyl (C=O) groups excluding carboxylic acids is 1. The molecule has 0 fully saturated rings. The van der Waals surface area contributed by atoms with Crippen molar-refractivity contribution in [1.29, 1.82) is 0 Å². The first-order valence-electron chi connectivity index (χ1n) is 4.20. The van der Waals surface area contributed by atoms with E-state index in [1.165, 1.54) is 11.3 Å². The molecule has 0 saturated carbocycles. The fourth-order valence-corrected chi connectivity index (χ4v) is 1.91. The molecule has 0 aliphatic rings. The molecule has 1 aromatic rings. The fourth-order valence-electron chi connectivity index (χ4n) is 1.01. The van der Waals surface area contributed by atoms with Crippen LogP contribution in [0.2, 0.25) is 4.34 Å². The number of amides is 1. The SMILES string of the molecule is CC(CC(N)=O)NCc1ncc(Cl)s1. The third-order valence-electron chi connectivity index (χ3n) is 1.63. The summed E-state index contributed by atoms with van der Waals surface area (Å²) in [6.45, 7) is 2.52. The molecule has 0 radical (unpaired) electrons. The van der Waals surface area contributed by atoms with E-state index >= 15 is 0 Å². The Kier molecular flexibility index (Phi) is 4.31. The van der Waals surface area contributed by atoms with Crippen molar-refractivity contribution in [2.75, 3.05) is 0 Å². The molecule has 4 nitrogen and oxygen atoms in total. The summed E-state index contributed by atoms with van der Waals surface area (Å²) in [7, 11) is 0. The highest BCUT2D eigenvalue weighted by molar-refractivity contribution is 7.15. The maximum absolute atomic E-state index is 10.6. The number of nitrogens with zero attached hydrogens (tertiary/aromatic N) is 1. The van der Waals surface area contributed by atoms with Crippen molar-refractivity contribution in [2.24, 2.45) is 5.73 Å². The van der Waals surface area contributed by atoms with Crippen LogP contribution in [0.1, 0.15) is 18.4 Å². The first kappa shape index (κ1) is 11.4. The molecule has 1 rings (SSSR count). The van der Waals surface area contributed by atoms with Gasteiger partial charge in [0.2, 0.25) is 5.91 Å². The molecule has 0 aliphatic heterocycles. The Bertz CT molecular complexity index is 315. The molecule has 0 aromatic carbocycles. The predicted octanol–water partition coefficient (Wildman–Crippen LogP) is 1.15. The molecule has 1 atom stereocenters. The number of nitrogens with two attached hydrogens (primary N) is 1. The minimum atomic E-state index is -0.304. The molecule has 1 aromatic heterocycles. The van der Waals surface area contributed by atoms with E-state index in [-0.39, 0.29) is 11.9 Å². The van der Waals surface area contributed by atoms with Gasteiger partial charge in [-0.3, -0.25) is 4.79 Å². The molecule has 0 saturated heterocycles. The van der Waals surface area contributed by atoms with Gasteiger partial charge in [-0.15, -0.1) is 11.3 Å². The zero-order valence-electron chi connectivity index (χ0n) is 7.79. The van der Waals surface area contributed by atoms with E-state index in [2.05, 4.69) is 10.3 Å². The van der Waals surface area contributed by atoms with Crippen molar-refractivity contribution in [3.8, 4) is 0 Å². The van der Waals surface area contributed by atoms with Crippen molar-refractivity contribution in [1.82, 2.24) is 10.3 Å². The normalized spacial score (nSPS) is 12.7. The highest BCUT2D eigenvalue weighted by atomic mass is 35.5. The van der Waals surface area contributed by atoms with Crippen LogP contribution >= 0.6 is 22.9 Å². The highest BCUT2D eigenvalue weighted by Gasteiger charge is 2.06. The lowest BCUT2D eigenvalue weighted by atomic mass is 10.2. The smallest absolute Gasteiger partial charge is 0.218 e. The molecule has 78 valence electrons. The molecule has 3 N–H and O–H groups in total. The Morgan fingerprint density at radius 1 is 1.86 bits per heavy atom. The summed E-state index contributed by atoms with van der Waals surface area (Å²) < 4.78 is 0.671. The van der Waals surface area contributed by atoms with E-state index in [9.17, 15) is 4.79 Å². The zero-order chi connectivity index (χ0) is 10.6. The average Bonchev–Trinajstić information content (AvgIpc) is 2.47. The molecule has 0 bridgehead atoms. The summed E-state index contributed by atoms with van der Waals surface area (Å²) in [4.78, 5) is 14.6. The van der Waals surface area contributed by atoms with Gasteiger partial charge in [0.05, 0.1) is 6.20 Å². The van der Waals surface area contributed by atoms with E-state index in [1.54, 1.807) is 6.20 Å². The van der Waals surface area contributed by atoms with Gasteiger partial charge in [-0.25, -0.2) is 4.98 Å². The summed E-state index contributed by atoms with van der Waals surface area (Å²) in [5, 5.41) is 4.04. The first-order valence-corrected chi connectivity index (χ1v) is 5.39. The lowest BCUT2D eigenvalue weighted by molar-refractivity contribution is -0.118. The van der Waals surface area contributed by atoms with Gasteiger partial charge in [-0.2, -0.15) is 0 Å². The molecule has 0 aliphatic carbocycles. The molecule has 0 spiro atoms. The van der Waals surface area contributed by atoms with E-state index in [0.717, 1.165) is 5.01 Å². The van der Waals surface area contributed by atoms with E-state index < -0.39 is 0 Å². The van der Waals surface area contributed by atoms with Crippen molar-refractivity contribution in [3.63, 3.8) is 0 Å². The molecule has 1 amide bonds. The Labute approximate surface area is 91.5 Å². The third kappa shape index (κ3) is 4.04. The third-order valence-corrected chi connectivity index (χ3v) is 2.75. The largest absolute Gasteiger partial charge is 0.370 e. The standard InChI is InChI=1S/C8H12ClN3OS/c1-5(2-7(10)13)11-4-8-12-3-6(9)14-8/h3,5,11H,2,4H2,1H3,(H2,10,13). The van der Waals surface area contributed by atoms with Crippen molar-refractivity contribution < 1.29 is 4.79 Å². The minimum Gasteiger partial charge on any atom is -0.370 e. The first-order chi connectivity index (χ1) is 6.58. The molecular weight excluding hydrogens is 222 g/mol. The number of hydrogen-bond donors (Lipinski definition) is 2. The second kappa shape index (κ2) is 5.29. The van der Waals surface area contributed by atoms with Crippen molar-refractivity contribution in [2.45, 2.75) is 25.9 Å². The average molecular weight is 234 g/mol. The van der Waals surface area contributed by atoms with Crippen LogP contribution in [0.25, 0.3) is 0 Å². The van der Waals surface area contributed by atoms with Crippen LogP contribution in [0.4, 0.5) is 0 Å². The molecule has 14 heavy (non-hydrogen) atoms. The van der Waals surface area contributed by atoms with Crippen molar-refractivity contribution >= 4 is 28.8 Å². The van der Waals surface area contributed by atoms with Gasteiger partial charge in [-0.05, 0) is 6.92 Å². The van der Waals surface area contributed by atoms with Crippen molar-refractivity contribution in [3.05, 3.63) is 15.5 Å². The lowest BCUT2D eigenvalue weighted by Crippen LogP contribution is -2.30. The number of thiazole rings is 1. The Morgan fingerprint density at radius 2 is 2.57 bits per heavy atom. The Balaban J connectivity index is 2.30. The number of nitrogens with one attached hydrogen (secondary N) is 1. The van der Waals surface area contributed by atoms with Crippen LogP contribution in [-0.2, 0) is 11.3 Å². The Morgan fingerprint density at radius 3 is 3.07 bits per heavy atom. The number of halogens is 1. The molecule has 1 heterocycles. The van der Waals surface area contributed by atoms with Crippen LogP contribution in [0, 0.1) is 0 Å². The molecule has 6 heteroatoms.